The molecule has 0 saturated carbocycles. The largest absolute Gasteiger partial charge is 0.319 e. The lowest BCUT2D eigenvalue weighted by Gasteiger charge is -2.41. The van der Waals surface area contributed by atoms with Gasteiger partial charge < -0.3 is 5.32 Å². The van der Waals surface area contributed by atoms with E-state index >= 15 is 0 Å². The molecule has 17 heavy (non-hydrogen) atoms. The number of benzene rings is 1. The molecule has 0 radical (unpaired) electrons. The highest BCUT2D eigenvalue weighted by atomic mass is 35.5. The maximum Gasteiger partial charge on any atom is 0.00106 e. The Balaban J connectivity index is 0.00000144. The van der Waals surface area contributed by atoms with Crippen molar-refractivity contribution < 1.29 is 0 Å². The first-order valence-corrected chi connectivity index (χ1v) is 6.39. The molecule has 1 unspecified atom stereocenters. The molecule has 0 heterocycles. The Bertz CT molecular complexity index is 362. The molecule has 0 spiro atoms. The average Bonchev–Trinajstić information content (AvgIpc) is 2.29. The molecular formula is C15H24ClN. The second-order valence-electron chi connectivity index (χ2n) is 5.49. The molecular weight excluding hydrogens is 230 g/mol. The fraction of sp³-hybridized carbons (Fsp3) is 0.600. The number of hydrogen-bond acceptors (Lipinski definition) is 1. The third-order valence-corrected chi connectivity index (χ3v) is 4.31. The summed E-state index contributed by atoms with van der Waals surface area (Å²) in [7, 11) is 2.07. The highest BCUT2D eigenvalue weighted by Crippen LogP contribution is 2.40. The number of fused-ring (bicyclic) bond motifs is 1. The van der Waals surface area contributed by atoms with Crippen molar-refractivity contribution in [2.75, 3.05) is 13.6 Å². The van der Waals surface area contributed by atoms with Crippen LogP contribution < -0.4 is 5.32 Å². The van der Waals surface area contributed by atoms with Gasteiger partial charge in [-0.05, 0) is 48.8 Å². The third-order valence-electron chi connectivity index (χ3n) is 4.31. The second-order valence-corrected chi connectivity index (χ2v) is 5.49. The number of nitrogens with one attached hydrogen (secondary N) is 1. The van der Waals surface area contributed by atoms with Crippen molar-refractivity contribution in [3.05, 3.63) is 35.4 Å². The summed E-state index contributed by atoms with van der Waals surface area (Å²) in [5.74, 6) is 0.744. The lowest BCUT2D eigenvalue weighted by Crippen LogP contribution is -2.41. The summed E-state index contributed by atoms with van der Waals surface area (Å²) in [6.07, 6.45) is 3.81. The first kappa shape index (κ1) is 14.5. The predicted molar refractivity (Wildman–Crippen MR) is 76.9 cm³/mol. The minimum absolute atomic E-state index is 0. The van der Waals surface area contributed by atoms with Gasteiger partial charge in [0.2, 0.25) is 0 Å². The van der Waals surface area contributed by atoms with Crippen LogP contribution in [0.15, 0.2) is 24.3 Å². The minimum atomic E-state index is 0. The Morgan fingerprint density at radius 2 is 1.88 bits per heavy atom. The Kier molecular flexibility index (Phi) is 5.03. The Morgan fingerprint density at radius 3 is 2.47 bits per heavy atom. The van der Waals surface area contributed by atoms with Crippen LogP contribution >= 0.6 is 12.4 Å². The van der Waals surface area contributed by atoms with Crippen molar-refractivity contribution in [1.29, 1.82) is 0 Å². The Labute approximate surface area is 111 Å². The van der Waals surface area contributed by atoms with Crippen LogP contribution in [0.5, 0.6) is 0 Å². The lowest BCUT2D eigenvalue weighted by atomic mass is 9.65. The molecule has 0 aliphatic heterocycles. The van der Waals surface area contributed by atoms with E-state index in [1.807, 2.05) is 0 Å². The molecule has 0 saturated heterocycles. The van der Waals surface area contributed by atoms with Crippen LogP contribution in [0, 0.1) is 11.3 Å². The van der Waals surface area contributed by atoms with Crippen LogP contribution in [0.4, 0.5) is 0 Å². The molecule has 1 aliphatic rings. The number of aryl methyl sites for hydroxylation is 1. The van der Waals surface area contributed by atoms with Gasteiger partial charge >= 0.3 is 0 Å². The van der Waals surface area contributed by atoms with Gasteiger partial charge in [-0.25, -0.2) is 0 Å². The zero-order valence-corrected chi connectivity index (χ0v) is 11.9. The third kappa shape index (κ3) is 2.83. The molecule has 0 aromatic heterocycles. The summed E-state index contributed by atoms with van der Waals surface area (Å²) in [4.78, 5) is 0. The van der Waals surface area contributed by atoms with Crippen LogP contribution in [0.25, 0.3) is 0 Å². The standard InChI is InChI=1S/C15H23N.ClH/c1-12(2)15(11-16-3)9-8-13-6-4-5-7-14(13)10-15;/h4-7,12,16H,8-11H2,1-3H3;1H. The van der Waals surface area contributed by atoms with Gasteiger partial charge in [-0.2, -0.15) is 0 Å². The van der Waals surface area contributed by atoms with E-state index < -0.39 is 0 Å². The number of rotatable bonds is 3. The molecule has 1 nitrogen and oxygen atoms in total. The maximum atomic E-state index is 3.39. The van der Waals surface area contributed by atoms with Gasteiger partial charge in [0.15, 0.2) is 0 Å². The van der Waals surface area contributed by atoms with Crippen LogP contribution in [0.1, 0.15) is 31.4 Å². The van der Waals surface area contributed by atoms with E-state index in [0.717, 1.165) is 12.5 Å². The molecule has 2 rings (SSSR count). The van der Waals surface area contributed by atoms with Crippen molar-refractivity contribution in [1.82, 2.24) is 5.32 Å². The summed E-state index contributed by atoms with van der Waals surface area (Å²) in [6, 6.07) is 8.94. The van der Waals surface area contributed by atoms with E-state index in [-0.39, 0.29) is 12.4 Å². The smallest absolute Gasteiger partial charge is 0.00106 e. The van der Waals surface area contributed by atoms with E-state index in [1.54, 1.807) is 11.1 Å². The van der Waals surface area contributed by atoms with Crippen molar-refractivity contribution >= 4 is 12.4 Å². The highest BCUT2D eigenvalue weighted by Gasteiger charge is 2.36. The monoisotopic (exact) mass is 253 g/mol. The number of halogens is 1. The first-order chi connectivity index (χ1) is 7.68. The molecule has 1 aromatic carbocycles. The van der Waals surface area contributed by atoms with Gasteiger partial charge in [0.1, 0.15) is 0 Å². The van der Waals surface area contributed by atoms with Crippen LogP contribution in [0.3, 0.4) is 0 Å². The molecule has 0 amide bonds. The minimum Gasteiger partial charge on any atom is -0.319 e. The van der Waals surface area contributed by atoms with E-state index in [9.17, 15) is 0 Å². The molecule has 2 heteroatoms. The Morgan fingerprint density at radius 1 is 1.24 bits per heavy atom. The Hall–Kier alpha value is -0.530. The fourth-order valence-electron chi connectivity index (χ4n) is 3.03. The maximum absolute atomic E-state index is 3.39. The molecule has 1 aromatic rings. The van der Waals surface area contributed by atoms with E-state index in [4.69, 9.17) is 0 Å². The highest BCUT2D eigenvalue weighted by molar-refractivity contribution is 5.85. The zero-order valence-electron chi connectivity index (χ0n) is 11.1. The fourth-order valence-corrected chi connectivity index (χ4v) is 3.03. The molecule has 1 N–H and O–H groups in total. The zero-order chi connectivity index (χ0) is 11.6. The SMILES string of the molecule is CNCC1(C(C)C)CCc2ccccc2C1.Cl. The van der Waals surface area contributed by atoms with Gasteiger partial charge in [-0.15, -0.1) is 12.4 Å². The van der Waals surface area contributed by atoms with Crippen molar-refractivity contribution in [2.45, 2.75) is 33.1 Å². The summed E-state index contributed by atoms with van der Waals surface area (Å²) in [5.41, 5.74) is 3.59. The molecule has 0 fully saturated rings. The predicted octanol–water partition coefficient (Wildman–Crippen LogP) is 3.46. The summed E-state index contributed by atoms with van der Waals surface area (Å²) in [5, 5.41) is 3.39. The number of hydrogen-bond donors (Lipinski definition) is 1. The van der Waals surface area contributed by atoms with Crippen molar-refractivity contribution in [2.24, 2.45) is 11.3 Å². The van der Waals surface area contributed by atoms with E-state index in [0.29, 0.717) is 5.41 Å². The molecule has 1 atom stereocenters. The van der Waals surface area contributed by atoms with Crippen molar-refractivity contribution in [3.8, 4) is 0 Å². The molecule has 96 valence electrons. The molecule has 1 aliphatic carbocycles. The van der Waals surface area contributed by atoms with Crippen LogP contribution in [-0.2, 0) is 12.8 Å². The van der Waals surface area contributed by atoms with E-state index in [2.05, 4.69) is 50.5 Å². The average molecular weight is 254 g/mol. The lowest BCUT2D eigenvalue weighted by molar-refractivity contribution is 0.157. The second kappa shape index (κ2) is 5.88. The molecule has 0 bridgehead atoms. The summed E-state index contributed by atoms with van der Waals surface area (Å²) >= 11 is 0. The first-order valence-electron chi connectivity index (χ1n) is 6.39. The van der Waals surface area contributed by atoms with Crippen LogP contribution in [0.2, 0.25) is 0 Å². The quantitative estimate of drug-likeness (QED) is 0.870. The van der Waals surface area contributed by atoms with Gasteiger partial charge in [-0.1, -0.05) is 38.1 Å². The van der Waals surface area contributed by atoms with Gasteiger partial charge in [0, 0.05) is 6.54 Å². The van der Waals surface area contributed by atoms with Gasteiger partial charge in [0.05, 0.1) is 0 Å². The van der Waals surface area contributed by atoms with Gasteiger partial charge in [0.25, 0.3) is 0 Å². The van der Waals surface area contributed by atoms with E-state index in [1.165, 1.54) is 19.3 Å². The topological polar surface area (TPSA) is 12.0 Å². The van der Waals surface area contributed by atoms with Gasteiger partial charge in [-0.3, -0.25) is 0 Å². The van der Waals surface area contributed by atoms with Crippen LogP contribution in [-0.4, -0.2) is 13.6 Å². The van der Waals surface area contributed by atoms with Crippen molar-refractivity contribution in [3.63, 3.8) is 0 Å². The summed E-state index contributed by atoms with van der Waals surface area (Å²) in [6.45, 7) is 5.87. The summed E-state index contributed by atoms with van der Waals surface area (Å²) < 4.78 is 0. The normalized spacial score (nSPS) is 23.1.